The molecule has 1 aromatic heterocycles. The number of aromatic nitrogens is 2. The van der Waals surface area contributed by atoms with Gasteiger partial charge < -0.3 is 5.32 Å². The molecular weight excluding hydrogens is 246 g/mol. The lowest BCUT2D eigenvalue weighted by Crippen LogP contribution is -2.25. The second kappa shape index (κ2) is 4.98. The summed E-state index contributed by atoms with van der Waals surface area (Å²) >= 11 is 0. The predicted molar refractivity (Wildman–Crippen MR) is 81.6 cm³/mol. The van der Waals surface area contributed by atoms with E-state index in [4.69, 9.17) is 0 Å². The minimum Gasteiger partial charge on any atom is -0.312 e. The highest BCUT2D eigenvalue weighted by Gasteiger charge is 2.17. The molecule has 0 unspecified atom stereocenters. The smallest absolute Gasteiger partial charge is 0.116 e. The Hall–Kier alpha value is -1.74. The Bertz CT molecular complexity index is 609. The number of benzene rings is 1. The molecule has 1 N–H and O–H groups in total. The topological polar surface area (TPSA) is 37.8 Å². The molecular formula is C17H21N3. The fraction of sp³-hybridized carbons (Fsp3) is 0.412. The summed E-state index contributed by atoms with van der Waals surface area (Å²) < 4.78 is 0. The molecule has 0 bridgehead atoms. The third kappa shape index (κ3) is 2.46. The van der Waals surface area contributed by atoms with Gasteiger partial charge in [-0.05, 0) is 11.0 Å². The molecule has 0 fully saturated rings. The SMILES string of the molecule is CC(C)(C)c1ccc(-c2ncnc3c2CNCC3)cc1. The summed E-state index contributed by atoms with van der Waals surface area (Å²) in [7, 11) is 0. The fourth-order valence-corrected chi connectivity index (χ4v) is 2.65. The van der Waals surface area contributed by atoms with E-state index >= 15 is 0 Å². The van der Waals surface area contributed by atoms with Crippen LogP contribution in [0.4, 0.5) is 0 Å². The first-order valence-electron chi connectivity index (χ1n) is 7.20. The summed E-state index contributed by atoms with van der Waals surface area (Å²) in [5.74, 6) is 0. The van der Waals surface area contributed by atoms with Gasteiger partial charge in [0, 0.05) is 30.6 Å². The number of hydrogen-bond acceptors (Lipinski definition) is 3. The number of hydrogen-bond donors (Lipinski definition) is 1. The molecule has 0 saturated heterocycles. The van der Waals surface area contributed by atoms with E-state index in [2.05, 4.69) is 60.3 Å². The maximum absolute atomic E-state index is 4.50. The summed E-state index contributed by atoms with van der Waals surface area (Å²) in [6.07, 6.45) is 2.68. The maximum atomic E-state index is 4.50. The molecule has 0 amide bonds. The number of rotatable bonds is 1. The van der Waals surface area contributed by atoms with E-state index in [1.54, 1.807) is 6.33 Å². The summed E-state index contributed by atoms with van der Waals surface area (Å²) in [5, 5.41) is 3.41. The number of fused-ring (bicyclic) bond motifs is 1. The van der Waals surface area contributed by atoms with Crippen molar-refractivity contribution in [2.45, 2.75) is 39.2 Å². The molecule has 20 heavy (non-hydrogen) atoms. The molecule has 0 saturated carbocycles. The van der Waals surface area contributed by atoms with Crippen molar-refractivity contribution in [3.8, 4) is 11.3 Å². The highest BCUT2D eigenvalue weighted by molar-refractivity contribution is 5.64. The number of nitrogens with zero attached hydrogens (tertiary/aromatic N) is 2. The largest absolute Gasteiger partial charge is 0.312 e. The predicted octanol–water partition coefficient (Wildman–Crippen LogP) is 3.09. The zero-order chi connectivity index (χ0) is 14.2. The van der Waals surface area contributed by atoms with Crippen LogP contribution in [0.3, 0.4) is 0 Å². The Morgan fingerprint density at radius 3 is 2.50 bits per heavy atom. The van der Waals surface area contributed by atoms with Gasteiger partial charge in [-0.25, -0.2) is 9.97 Å². The molecule has 0 atom stereocenters. The van der Waals surface area contributed by atoms with Gasteiger partial charge in [0.25, 0.3) is 0 Å². The third-order valence-electron chi connectivity index (χ3n) is 3.90. The van der Waals surface area contributed by atoms with Gasteiger partial charge in [-0.3, -0.25) is 0 Å². The molecule has 0 aliphatic carbocycles. The van der Waals surface area contributed by atoms with Crippen LogP contribution in [0.25, 0.3) is 11.3 Å². The van der Waals surface area contributed by atoms with Crippen molar-refractivity contribution in [1.29, 1.82) is 0 Å². The Morgan fingerprint density at radius 2 is 1.80 bits per heavy atom. The second-order valence-corrected chi connectivity index (χ2v) is 6.40. The molecule has 3 heteroatoms. The average molecular weight is 267 g/mol. The van der Waals surface area contributed by atoms with E-state index in [1.165, 1.54) is 22.4 Å². The van der Waals surface area contributed by atoms with E-state index in [9.17, 15) is 0 Å². The molecule has 0 radical (unpaired) electrons. The van der Waals surface area contributed by atoms with Crippen LogP contribution >= 0.6 is 0 Å². The van der Waals surface area contributed by atoms with Crippen molar-refractivity contribution in [3.63, 3.8) is 0 Å². The van der Waals surface area contributed by atoms with Crippen molar-refractivity contribution in [3.05, 3.63) is 47.4 Å². The Kier molecular flexibility index (Phi) is 3.30. The first-order valence-corrected chi connectivity index (χ1v) is 7.20. The molecule has 0 spiro atoms. The molecule has 2 aromatic rings. The summed E-state index contributed by atoms with van der Waals surface area (Å²) in [4.78, 5) is 8.91. The van der Waals surface area contributed by atoms with Crippen molar-refractivity contribution >= 4 is 0 Å². The van der Waals surface area contributed by atoms with E-state index in [0.29, 0.717) is 0 Å². The standard InChI is InChI=1S/C17H21N3/c1-17(2,3)13-6-4-12(5-7-13)16-14-10-18-9-8-15(14)19-11-20-16/h4-7,11,18H,8-10H2,1-3H3. The van der Waals surface area contributed by atoms with E-state index in [0.717, 1.165) is 25.2 Å². The molecule has 1 aliphatic heterocycles. The number of nitrogens with one attached hydrogen (secondary N) is 1. The zero-order valence-corrected chi connectivity index (χ0v) is 12.4. The monoisotopic (exact) mass is 267 g/mol. The van der Waals surface area contributed by atoms with Gasteiger partial charge in [-0.15, -0.1) is 0 Å². The molecule has 104 valence electrons. The van der Waals surface area contributed by atoms with Crippen LogP contribution in [-0.4, -0.2) is 16.5 Å². The van der Waals surface area contributed by atoms with Gasteiger partial charge in [0.2, 0.25) is 0 Å². The highest BCUT2D eigenvalue weighted by Crippen LogP contribution is 2.28. The van der Waals surface area contributed by atoms with Gasteiger partial charge in [0.15, 0.2) is 0 Å². The van der Waals surface area contributed by atoms with Gasteiger partial charge >= 0.3 is 0 Å². The molecule has 2 heterocycles. The summed E-state index contributed by atoms with van der Waals surface area (Å²) in [6, 6.07) is 8.77. The van der Waals surface area contributed by atoms with Crippen LogP contribution < -0.4 is 5.32 Å². The van der Waals surface area contributed by atoms with Gasteiger partial charge in [-0.2, -0.15) is 0 Å². The van der Waals surface area contributed by atoms with Crippen molar-refractivity contribution in [2.24, 2.45) is 0 Å². The summed E-state index contributed by atoms with van der Waals surface area (Å²) in [5.41, 5.74) is 6.23. The van der Waals surface area contributed by atoms with E-state index in [1.807, 2.05) is 0 Å². The Morgan fingerprint density at radius 1 is 1.05 bits per heavy atom. The van der Waals surface area contributed by atoms with Crippen LogP contribution in [0, 0.1) is 0 Å². The second-order valence-electron chi connectivity index (χ2n) is 6.40. The quantitative estimate of drug-likeness (QED) is 0.863. The van der Waals surface area contributed by atoms with Crippen molar-refractivity contribution in [1.82, 2.24) is 15.3 Å². The van der Waals surface area contributed by atoms with Crippen molar-refractivity contribution in [2.75, 3.05) is 6.54 Å². The van der Waals surface area contributed by atoms with Crippen LogP contribution in [0.15, 0.2) is 30.6 Å². The minimum atomic E-state index is 0.186. The average Bonchev–Trinajstić information content (AvgIpc) is 2.46. The van der Waals surface area contributed by atoms with E-state index < -0.39 is 0 Å². The van der Waals surface area contributed by atoms with Gasteiger partial charge in [0.1, 0.15) is 6.33 Å². The molecule has 3 rings (SSSR count). The molecule has 1 aromatic carbocycles. The summed E-state index contributed by atoms with van der Waals surface area (Å²) in [6.45, 7) is 8.58. The van der Waals surface area contributed by atoms with E-state index in [-0.39, 0.29) is 5.41 Å². The highest BCUT2D eigenvalue weighted by atomic mass is 14.9. The minimum absolute atomic E-state index is 0.186. The molecule has 1 aliphatic rings. The first-order chi connectivity index (χ1) is 9.55. The van der Waals surface area contributed by atoms with Crippen LogP contribution in [0.2, 0.25) is 0 Å². The lowest BCUT2D eigenvalue weighted by atomic mass is 9.86. The lowest BCUT2D eigenvalue weighted by molar-refractivity contribution is 0.590. The zero-order valence-electron chi connectivity index (χ0n) is 12.4. The van der Waals surface area contributed by atoms with Crippen LogP contribution in [0.5, 0.6) is 0 Å². The Balaban J connectivity index is 2.01. The van der Waals surface area contributed by atoms with Gasteiger partial charge in [-0.1, -0.05) is 45.0 Å². The van der Waals surface area contributed by atoms with Crippen LogP contribution in [0.1, 0.15) is 37.6 Å². The normalized spacial score (nSPS) is 14.9. The fourth-order valence-electron chi connectivity index (χ4n) is 2.65. The van der Waals surface area contributed by atoms with Gasteiger partial charge in [0.05, 0.1) is 11.4 Å². The lowest BCUT2D eigenvalue weighted by Gasteiger charge is -2.21. The maximum Gasteiger partial charge on any atom is 0.116 e. The third-order valence-corrected chi connectivity index (χ3v) is 3.90. The van der Waals surface area contributed by atoms with Crippen LogP contribution in [-0.2, 0) is 18.4 Å². The molecule has 3 nitrogen and oxygen atoms in total. The first kappa shape index (κ1) is 13.3. The Labute approximate surface area is 120 Å². The van der Waals surface area contributed by atoms with Crippen molar-refractivity contribution < 1.29 is 0 Å².